The maximum Gasteiger partial charge on any atom is 0.0700 e. The van der Waals surface area contributed by atoms with E-state index >= 15 is 0 Å². The number of nitrogens with zero attached hydrogens (tertiary/aromatic N) is 2. The normalized spacial score (nSPS) is 21.3. The number of hydrogen-bond acceptors (Lipinski definition) is 2. The maximum atomic E-state index is 9.27. The van der Waals surface area contributed by atoms with Crippen molar-refractivity contribution in [2.24, 2.45) is 11.3 Å². The highest BCUT2D eigenvalue weighted by atomic mass is 15.1. The van der Waals surface area contributed by atoms with Crippen LogP contribution in [0, 0.1) is 22.7 Å². The lowest BCUT2D eigenvalue weighted by Gasteiger charge is -2.41. The monoisotopic (exact) mass is 208 g/mol. The first-order chi connectivity index (χ1) is 6.99. The lowest BCUT2D eigenvalue weighted by atomic mass is 9.72. The molecule has 0 aromatic rings. The topological polar surface area (TPSA) is 27.0 Å². The fourth-order valence-corrected chi connectivity index (χ4v) is 3.17. The smallest absolute Gasteiger partial charge is 0.0700 e. The summed E-state index contributed by atoms with van der Waals surface area (Å²) in [5.41, 5.74) is -0.231. The summed E-state index contributed by atoms with van der Waals surface area (Å²) in [6.45, 7) is 4.15. The molecule has 0 N–H and O–H groups in total. The van der Waals surface area contributed by atoms with Crippen LogP contribution in [0.2, 0.25) is 0 Å². The zero-order valence-corrected chi connectivity index (χ0v) is 10.6. The Kier molecular flexibility index (Phi) is 4.16. The van der Waals surface area contributed by atoms with Gasteiger partial charge in [-0.25, -0.2) is 0 Å². The van der Waals surface area contributed by atoms with E-state index < -0.39 is 0 Å². The summed E-state index contributed by atoms with van der Waals surface area (Å²) in [6.07, 6.45) is 6.67. The molecule has 15 heavy (non-hydrogen) atoms. The Hall–Kier alpha value is -0.550. The molecule has 1 unspecified atom stereocenters. The molecule has 0 bridgehead atoms. The third-order valence-corrected chi connectivity index (χ3v) is 3.68. The standard InChI is InChI=1S/C13H24N2/c1-13(2,10-14)12(15(3)4)11-8-6-5-7-9-11/h11-12H,5-9H2,1-4H3. The second-order valence-corrected chi connectivity index (χ2v) is 5.64. The Morgan fingerprint density at radius 3 is 2.13 bits per heavy atom. The first kappa shape index (κ1) is 12.5. The van der Waals surface area contributed by atoms with Gasteiger partial charge in [-0.15, -0.1) is 0 Å². The minimum absolute atomic E-state index is 0.231. The van der Waals surface area contributed by atoms with Crippen LogP contribution in [0.3, 0.4) is 0 Å². The Labute approximate surface area is 94.3 Å². The predicted octanol–water partition coefficient (Wildman–Crippen LogP) is 3.05. The van der Waals surface area contributed by atoms with E-state index in [2.05, 4.69) is 38.9 Å². The maximum absolute atomic E-state index is 9.27. The number of hydrogen-bond donors (Lipinski definition) is 0. The average Bonchev–Trinajstić information content (AvgIpc) is 2.18. The molecule has 1 aliphatic rings. The van der Waals surface area contributed by atoms with Crippen LogP contribution in [0.25, 0.3) is 0 Å². The first-order valence-electron chi connectivity index (χ1n) is 6.06. The summed E-state index contributed by atoms with van der Waals surface area (Å²) >= 11 is 0. The van der Waals surface area contributed by atoms with Crippen LogP contribution >= 0.6 is 0 Å². The van der Waals surface area contributed by atoms with Gasteiger partial charge in [0.25, 0.3) is 0 Å². The van der Waals surface area contributed by atoms with Crippen LogP contribution in [-0.2, 0) is 0 Å². The summed E-state index contributed by atoms with van der Waals surface area (Å²) in [5, 5.41) is 9.27. The SMILES string of the molecule is CN(C)C(C1CCCCC1)C(C)(C)C#N. The second kappa shape index (κ2) is 4.99. The van der Waals surface area contributed by atoms with Gasteiger partial charge in [0.2, 0.25) is 0 Å². The molecule has 0 aromatic heterocycles. The van der Waals surface area contributed by atoms with Gasteiger partial charge >= 0.3 is 0 Å². The van der Waals surface area contributed by atoms with Crippen LogP contribution < -0.4 is 0 Å². The second-order valence-electron chi connectivity index (χ2n) is 5.64. The molecule has 86 valence electrons. The summed E-state index contributed by atoms with van der Waals surface area (Å²) in [6, 6.07) is 2.88. The molecule has 0 spiro atoms. The van der Waals surface area contributed by atoms with Gasteiger partial charge < -0.3 is 4.90 Å². The lowest BCUT2D eigenvalue weighted by Crippen LogP contribution is -2.46. The van der Waals surface area contributed by atoms with Gasteiger partial charge in [0.1, 0.15) is 0 Å². The van der Waals surface area contributed by atoms with E-state index in [1.165, 1.54) is 32.1 Å². The summed E-state index contributed by atoms with van der Waals surface area (Å²) in [4.78, 5) is 2.25. The largest absolute Gasteiger partial charge is 0.305 e. The third kappa shape index (κ3) is 2.95. The van der Waals surface area contributed by atoms with Crippen molar-refractivity contribution in [2.45, 2.75) is 52.0 Å². The molecular weight excluding hydrogens is 184 g/mol. The molecule has 0 heterocycles. The molecule has 0 aromatic carbocycles. The highest BCUT2D eigenvalue weighted by Gasteiger charge is 2.37. The molecule has 1 saturated carbocycles. The van der Waals surface area contributed by atoms with Crippen molar-refractivity contribution < 1.29 is 0 Å². The fraction of sp³-hybridized carbons (Fsp3) is 0.923. The zero-order valence-electron chi connectivity index (χ0n) is 10.6. The third-order valence-electron chi connectivity index (χ3n) is 3.68. The molecule has 1 aliphatic carbocycles. The van der Waals surface area contributed by atoms with Gasteiger partial charge in [-0.3, -0.25) is 0 Å². The minimum atomic E-state index is -0.231. The fourth-order valence-electron chi connectivity index (χ4n) is 3.17. The van der Waals surface area contributed by atoms with E-state index in [-0.39, 0.29) is 5.41 Å². The van der Waals surface area contributed by atoms with Crippen molar-refractivity contribution in [2.75, 3.05) is 14.1 Å². The van der Waals surface area contributed by atoms with Gasteiger partial charge in [0.05, 0.1) is 11.5 Å². The van der Waals surface area contributed by atoms with Crippen molar-refractivity contribution in [3.63, 3.8) is 0 Å². The van der Waals surface area contributed by atoms with Gasteiger partial charge in [-0.05, 0) is 46.7 Å². The summed E-state index contributed by atoms with van der Waals surface area (Å²) in [5.74, 6) is 0.711. The molecule has 0 amide bonds. The Bertz CT molecular complexity index is 231. The first-order valence-corrected chi connectivity index (χ1v) is 6.06. The Morgan fingerprint density at radius 1 is 1.20 bits per heavy atom. The highest BCUT2D eigenvalue weighted by molar-refractivity contribution is 5.03. The quantitative estimate of drug-likeness (QED) is 0.713. The van der Waals surface area contributed by atoms with Crippen LogP contribution in [0.4, 0.5) is 0 Å². The molecule has 2 heteroatoms. The summed E-state index contributed by atoms with van der Waals surface area (Å²) in [7, 11) is 4.22. The van der Waals surface area contributed by atoms with E-state index in [0.29, 0.717) is 12.0 Å². The van der Waals surface area contributed by atoms with E-state index in [4.69, 9.17) is 0 Å². The highest BCUT2D eigenvalue weighted by Crippen LogP contribution is 2.36. The molecule has 1 atom stereocenters. The van der Waals surface area contributed by atoms with Gasteiger partial charge in [0.15, 0.2) is 0 Å². The van der Waals surface area contributed by atoms with Crippen molar-refractivity contribution in [3.05, 3.63) is 0 Å². The van der Waals surface area contributed by atoms with Crippen LogP contribution in [0.15, 0.2) is 0 Å². The van der Waals surface area contributed by atoms with E-state index in [1.54, 1.807) is 0 Å². The van der Waals surface area contributed by atoms with Crippen LogP contribution in [-0.4, -0.2) is 25.0 Å². The number of nitriles is 1. The molecule has 0 saturated heterocycles. The molecule has 0 aliphatic heterocycles. The van der Waals surface area contributed by atoms with Gasteiger partial charge in [-0.2, -0.15) is 5.26 Å². The Morgan fingerprint density at radius 2 is 1.73 bits per heavy atom. The van der Waals surface area contributed by atoms with E-state index in [1.807, 2.05) is 0 Å². The molecule has 2 nitrogen and oxygen atoms in total. The van der Waals surface area contributed by atoms with E-state index in [9.17, 15) is 5.26 Å². The molecular formula is C13H24N2. The van der Waals surface area contributed by atoms with Crippen LogP contribution in [0.1, 0.15) is 46.0 Å². The molecule has 1 fully saturated rings. The molecule has 1 rings (SSSR count). The minimum Gasteiger partial charge on any atom is -0.305 e. The van der Waals surface area contributed by atoms with Crippen LogP contribution in [0.5, 0.6) is 0 Å². The number of rotatable bonds is 3. The zero-order chi connectivity index (χ0) is 11.5. The average molecular weight is 208 g/mol. The summed E-state index contributed by atoms with van der Waals surface area (Å²) < 4.78 is 0. The molecule has 0 radical (unpaired) electrons. The van der Waals surface area contributed by atoms with Gasteiger partial charge in [-0.1, -0.05) is 19.3 Å². The Balaban J connectivity index is 2.78. The lowest BCUT2D eigenvalue weighted by molar-refractivity contribution is 0.0937. The predicted molar refractivity (Wildman–Crippen MR) is 63.4 cm³/mol. The van der Waals surface area contributed by atoms with Crippen molar-refractivity contribution >= 4 is 0 Å². The van der Waals surface area contributed by atoms with E-state index in [0.717, 1.165) is 0 Å². The van der Waals surface area contributed by atoms with Crippen molar-refractivity contribution in [1.29, 1.82) is 5.26 Å². The van der Waals surface area contributed by atoms with Crippen molar-refractivity contribution in [3.8, 4) is 6.07 Å². The van der Waals surface area contributed by atoms with Gasteiger partial charge in [0, 0.05) is 6.04 Å². The van der Waals surface area contributed by atoms with Crippen molar-refractivity contribution in [1.82, 2.24) is 4.90 Å².